The summed E-state index contributed by atoms with van der Waals surface area (Å²) in [5, 5.41) is 2.27. The van der Waals surface area contributed by atoms with Gasteiger partial charge in [-0.1, -0.05) is 27.2 Å². The van der Waals surface area contributed by atoms with E-state index in [0.29, 0.717) is 5.41 Å². The second-order valence-electron chi connectivity index (χ2n) is 4.20. The van der Waals surface area contributed by atoms with Crippen molar-refractivity contribution in [2.45, 2.75) is 46.0 Å². The molecule has 1 rings (SSSR count). The highest BCUT2D eigenvalue weighted by atomic mass is 127. The SMILES string of the molecule is CCCC(C)(C)c1scc(C)c1I. The van der Waals surface area contributed by atoms with Gasteiger partial charge in [0.25, 0.3) is 0 Å². The highest BCUT2D eigenvalue weighted by Crippen LogP contribution is 2.37. The van der Waals surface area contributed by atoms with Crippen molar-refractivity contribution in [1.82, 2.24) is 0 Å². The van der Waals surface area contributed by atoms with E-state index in [4.69, 9.17) is 0 Å². The van der Waals surface area contributed by atoms with Gasteiger partial charge >= 0.3 is 0 Å². The third kappa shape index (κ3) is 2.46. The van der Waals surface area contributed by atoms with Crippen molar-refractivity contribution in [2.75, 3.05) is 0 Å². The second kappa shape index (κ2) is 4.30. The molecule has 0 bridgehead atoms. The molecule has 74 valence electrons. The lowest BCUT2D eigenvalue weighted by Gasteiger charge is -2.23. The van der Waals surface area contributed by atoms with E-state index in [0.717, 1.165) is 0 Å². The fraction of sp³-hybridized carbons (Fsp3) is 0.636. The van der Waals surface area contributed by atoms with Gasteiger partial charge in [-0.15, -0.1) is 11.3 Å². The van der Waals surface area contributed by atoms with Gasteiger partial charge in [-0.2, -0.15) is 0 Å². The number of aryl methyl sites for hydroxylation is 1. The Bertz CT molecular complexity index is 286. The Morgan fingerprint density at radius 3 is 2.46 bits per heavy atom. The zero-order valence-corrected chi connectivity index (χ0v) is 11.8. The van der Waals surface area contributed by atoms with Gasteiger partial charge in [0.05, 0.1) is 0 Å². The van der Waals surface area contributed by atoms with E-state index in [-0.39, 0.29) is 0 Å². The van der Waals surface area contributed by atoms with Crippen LogP contribution >= 0.6 is 33.9 Å². The lowest BCUT2D eigenvalue weighted by molar-refractivity contribution is 0.480. The van der Waals surface area contributed by atoms with Gasteiger partial charge in [0.2, 0.25) is 0 Å². The highest BCUT2D eigenvalue weighted by molar-refractivity contribution is 14.1. The normalized spacial score (nSPS) is 12.1. The van der Waals surface area contributed by atoms with Crippen LogP contribution in [0.25, 0.3) is 0 Å². The summed E-state index contributed by atoms with van der Waals surface area (Å²) in [6.07, 6.45) is 2.54. The van der Waals surface area contributed by atoms with E-state index in [9.17, 15) is 0 Å². The van der Waals surface area contributed by atoms with E-state index in [1.165, 1.54) is 22.0 Å². The molecule has 1 aromatic heterocycles. The Balaban J connectivity index is 2.99. The molecule has 0 saturated heterocycles. The largest absolute Gasteiger partial charge is 0.147 e. The molecule has 0 N–H and O–H groups in total. The van der Waals surface area contributed by atoms with Crippen LogP contribution in [-0.4, -0.2) is 0 Å². The first kappa shape index (κ1) is 11.5. The first-order valence-electron chi connectivity index (χ1n) is 4.73. The van der Waals surface area contributed by atoms with Gasteiger partial charge in [0.1, 0.15) is 0 Å². The van der Waals surface area contributed by atoms with Crippen molar-refractivity contribution < 1.29 is 0 Å². The minimum Gasteiger partial charge on any atom is -0.147 e. The van der Waals surface area contributed by atoms with Crippen LogP contribution in [0, 0.1) is 10.5 Å². The molecule has 0 aliphatic heterocycles. The monoisotopic (exact) mass is 308 g/mol. The summed E-state index contributed by atoms with van der Waals surface area (Å²) in [7, 11) is 0. The summed E-state index contributed by atoms with van der Waals surface area (Å²) in [6, 6.07) is 0. The average Bonchev–Trinajstić information content (AvgIpc) is 2.33. The van der Waals surface area contributed by atoms with Crippen LogP contribution < -0.4 is 0 Å². The van der Waals surface area contributed by atoms with Crippen LogP contribution in [-0.2, 0) is 5.41 Å². The topological polar surface area (TPSA) is 0 Å². The van der Waals surface area contributed by atoms with E-state index in [1.54, 1.807) is 4.88 Å². The predicted octanol–water partition coefficient (Wildman–Crippen LogP) is 4.74. The number of hydrogen-bond donors (Lipinski definition) is 0. The van der Waals surface area contributed by atoms with E-state index in [1.807, 2.05) is 11.3 Å². The maximum Gasteiger partial charge on any atom is 0.0304 e. The molecule has 0 saturated carbocycles. The lowest BCUT2D eigenvalue weighted by atomic mass is 9.86. The quantitative estimate of drug-likeness (QED) is 0.708. The molecule has 2 heteroatoms. The standard InChI is InChI=1S/C11H17IS/c1-5-6-11(3,4)10-9(12)8(2)7-13-10/h7H,5-6H2,1-4H3. The summed E-state index contributed by atoms with van der Waals surface area (Å²) in [4.78, 5) is 1.56. The van der Waals surface area contributed by atoms with Crippen LogP contribution in [0.4, 0.5) is 0 Å². The Morgan fingerprint density at radius 1 is 1.46 bits per heavy atom. The first-order valence-corrected chi connectivity index (χ1v) is 6.69. The maximum atomic E-state index is 2.48. The minimum atomic E-state index is 0.365. The van der Waals surface area contributed by atoms with Crippen molar-refractivity contribution in [1.29, 1.82) is 0 Å². The highest BCUT2D eigenvalue weighted by Gasteiger charge is 2.24. The molecular weight excluding hydrogens is 291 g/mol. The van der Waals surface area contributed by atoms with Crippen molar-refractivity contribution in [2.24, 2.45) is 0 Å². The molecule has 0 unspecified atom stereocenters. The van der Waals surface area contributed by atoms with E-state index in [2.05, 4.69) is 55.7 Å². The van der Waals surface area contributed by atoms with Gasteiger partial charge in [-0.05, 0) is 46.9 Å². The fourth-order valence-corrected chi connectivity index (χ4v) is 4.20. The zero-order chi connectivity index (χ0) is 10.1. The van der Waals surface area contributed by atoms with Gasteiger partial charge in [0.15, 0.2) is 0 Å². The van der Waals surface area contributed by atoms with Gasteiger partial charge in [0, 0.05) is 13.9 Å². The van der Waals surface area contributed by atoms with Crippen LogP contribution in [0.3, 0.4) is 0 Å². The van der Waals surface area contributed by atoms with Crippen molar-refractivity contribution in [3.63, 3.8) is 0 Å². The number of thiophene rings is 1. The Kier molecular flexibility index (Phi) is 3.81. The molecule has 1 aromatic rings. The second-order valence-corrected chi connectivity index (χ2v) is 6.15. The third-order valence-electron chi connectivity index (χ3n) is 2.39. The molecule has 0 aliphatic carbocycles. The summed E-state index contributed by atoms with van der Waals surface area (Å²) in [6.45, 7) is 9.16. The van der Waals surface area contributed by atoms with Crippen LogP contribution in [0.5, 0.6) is 0 Å². The van der Waals surface area contributed by atoms with E-state index >= 15 is 0 Å². The molecule has 0 atom stereocenters. The average molecular weight is 308 g/mol. The van der Waals surface area contributed by atoms with Gasteiger partial charge in [-0.3, -0.25) is 0 Å². The molecule has 0 radical (unpaired) electrons. The predicted molar refractivity (Wildman–Crippen MR) is 69.7 cm³/mol. The Morgan fingerprint density at radius 2 is 2.08 bits per heavy atom. The maximum absolute atomic E-state index is 2.48. The van der Waals surface area contributed by atoms with Crippen LogP contribution in [0.1, 0.15) is 44.1 Å². The van der Waals surface area contributed by atoms with Crippen molar-refractivity contribution >= 4 is 33.9 Å². The van der Waals surface area contributed by atoms with Crippen molar-refractivity contribution in [3.05, 3.63) is 19.4 Å². The number of halogens is 1. The number of hydrogen-bond acceptors (Lipinski definition) is 1. The van der Waals surface area contributed by atoms with Crippen molar-refractivity contribution in [3.8, 4) is 0 Å². The molecule has 0 aliphatic rings. The smallest absolute Gasteiger partial charge is 0.0304 e. The van der Waals surface area contributed by atoms with Gasteiger partial charge in [-0.25, -0.2) is 0 Å². The summed E-state index contributed by atoms with van der Waals surface area (Å²) in [5.74, 6) is 0. The van der Waals surface area contributed by atoms with Crippen LogP contribution in [0.2, 0.25) is 0 Å². The molecule has 0 spiro atoms. The fourth-order valence-electron chi connectivity index (χ4n) is 1.63. The minimum absolute atomic E-state index is 0.365. The lowest BCUT2D eigenvalue weighted by Crippen LogP contribution is -2.16. The third-order valence-corrected chi connectivity index (χ3v) is 5.61. The summed E-state index contributed by atoms with van der Waals surface area (Å²) >= 11 is 4.39. The molecule has 0 fully saturated rings. The molecular formula is C11H17IS. The Labute approximate surface area is 98.9 Å². The summed E-state index contributed by atoms with van der Waals surface area (Å²) in [5.41, 5.74) is 1.80. The van der Waals surface area contributed by atoms with E-state index < -0.39 is 0 Å². The first-order chi connectivity index (χ1) is 5.99. The zero-order valence-electron chi connectivity index (χ0n) is 8.78. The molecule has 1 heterocycles. The number of rotatable bonds is 3. The Hall–Kier alpha value is 0.430. The molecule has 0 amide bonds. The van der Waals surface area contributed by atoms with Gasteiger partial charge < -0.3 is 0 Å². The molecule has 13 heavy (non-hydrogen) atoms. The summed E-state index contributed by atoms with van der Waals surface area (Å²) < 4.78 is 1.47. The molecule has 0 aromatic carbocycles. The van der Waals surface area contributed by atoms with Crippen LogP contribution in [0.15, 0.2) is 5.38 Å². The molecule has 0 nitrogen and oxygen atoms in total.